The van der Waals surface area contributed by atoms with Crippen LogP contribution in [0, 0.1) is 0 Å². The Balaban J connectivity index is 2.18. The lowest BCUT2D eigenvalue weighted by Gasteiger charge is -2.33. The predicted octanol–water partition coefficient (Wildman–Crippen LogP) is 5.56. The van der Waals surface area contributed by atoms with Crippen LogP contribution in [0.15, 0.2) is 59.5 Å². The van der Waals surface area contributed by atoms with Crippen LogP contribution in [-0.4, -0.2) is 72.2 Å². The molecular formula is C32H39Cl2N3O8S. The molecule has 14 heteroatoms. The molecule has 3 aromatic carbocycles. The first-order valence-electron chi connectivity index (χ1n) is 14.3. The van der Waals surface area contributed by atoms with Crippen LogP contribution in [-0.2, 0) is 26.2 Å². The molecule has 1 N–H and O–H groups in total. The minimum atomic E-state index is -4.48. The second-order valence-corrected chi connectivity index (χ2v) is 13.0. The van der Waals surface area contributed by atoms with Gasteiger partial charge in [0.1, 0.15) is 24.1 Å². The maximum Gasteiger partial charge on any atom is 0.265 e. The van der Waals surface area contributed by atoms with Gasteiger partial charge in [0.15, 0.2) is 11.5 Å². The third-order valence-corrected chi connectivity index (χ3v) is 9.88. The zero-order valence-corrected chi connectivity index (χ0v) is 29.1. The molecule has 0 fully saturated rings. The summed E-state index contributed by atoms with van der Waals surface area (Å²) in [5, 5.41) is 3.48. The van der Waals surface area contributed by atoms with Crippen LogP contribution in [0.2, 0.25) is 10.0 Å². The number of hydrogen-bond donors (Lipinski definition) is 1. The Morgan fingerprint density at radius 2 is 1.48 bits per heavy atom. The molecule has 0 aliphatic rings. The van der Waals surface area contributed by atoms with Crippen molar-refractivity contribution in [3.63, 3.8) is 0 Å². The van der Waals surface area contributed by atoms with Gasteiger partial charge in [-0.2, -0.15) is 0 Å². The van der Waals surface area contributed by atoms with E-state index in [1.807, 2.05) is 13.8 Å². The largest absolute Gasteiger partial charge is 0.497 e. The van der Waals surface area contributed by atoms with Crippen LogP contribution in [0.25, 0.3) is 0 Å². The molecule has 46 heavy (non-hydrogen) atoms. The highest BCUT2D eigenvalue weighted by molar-refractivity contribution is 7.92. The summed E-state index contributed by atoms with van der Waals surface area (Å²) in [4.78, 5) is 28.7. The van der Waals surface area contributed by atoms with Crippen molar-refractivity contribution in [1.82, 2.24) is 10.2 Å². The molecule has 0 spiro atoms. The Labute approximate surface area is 280 Å². The number of carbonyl (C=O) groups excluding carboxylic acids is 2. The number of ether oxygens (including phenoxy) is 4. The fourth-order valence-corrected chi connectivity index (χ4v) is 6.25. The molecule has 0 bridgehead atoms. The van der Waals surface area contributed by atoms with E-state index in [2.05, 4.69) is 5.32 Å². The summed E-state index contributed by atoms with van der Waals surface area (Å²) in [6.07, 6.45) is 0.673. The van der Waals surface area contributed by atoms with Crippen molar-refractivity contribution in [2.75, 3.05) is 39.3 Å². The average molecular weight is 697 g/mol. The summed E-state index contributed by atoms with van der Waals surface area (Å²) >= 11 is 12.4. The fraction of sp³-hybridized carbons (Fsp3) is 0.375. The van der Waals surface area contributed by atoms with Gasteiger partial charge < -0.3 is 29.2 Å². The second kappa shape index (κ2) is 16.1. The van der Waals surface area contributed by atoms with E-state index in [0.717, 1.165) is 4.31 Å². The van der Waals surface area contributed by atoms with Gasteiger partial charge >= 0.3 is 0 Å². The zero-order valence-electron chi connectivity index (χ0n) is 26.8. The normalized spacial score (nSPS) is 12.5. The molecule has 0 aromatic heterocycles. The van der Waals surface area contributed by atoms with Crippen molar-refractivity contribution in [3.8, 4) is 23.0 Å². The van der Waals surface area contributed by atoms with Crippen LogP contribution >= 0.6 is 23.2 Å². The first-order valence-corrected chi connectivity index (χ1v) is 16.5. The first kappa shape index (κ1) is 36.6. The van der Waals surface area contributed by atoms with Gasteiger partial charge in [-0.3, -0.25) is 13.9 Å². The Bertz CT molecular complexity index is 1650. The number of rotatable bonds is 15. The highest BCUT2D eigenvalue weighted by Crippen LogP contribution is 2.38. The molecule has 0 radical (unpaired) electrons. The maximum atomic E-state index is 14.4. The van der Waals surface area contributed by atoms with Crippen molar-refractivity contribution in [1.29, 1.82) is 0 Å². The molecule has 0 saturated heterocycles. The number of hydrogen-bond acceptors (Lipinski definition) is 8. The smallest absolute Gasteiger partial charge is 0.265 e. The lowest BCUT2D eigenvalue weighted by molar-refractivity contribution is -0.139. The van der Waals surface area contributed by atoms with Crippen molar-refractivity contribution < 1.29 is 37.0 Å². The van der Waals surface area contributed by atoms with E-state index in [-0.39, 0.29) is 39.7 Å². The molecule has 250 valence electrons. The number of halogens is 2. The van der Waals surface area contributed by atoms with E-state index in [9.17, 15) is 18.0 Å². The Kier molecular flexibility index (Phi) is 12.8. The Hall–Kier alpha value is -3.87. The average Bonchev–Trinajstić information content (AvgIpc) is 3.06. The van der Waals surface area contributed by atoms with Crippen molar-refractivity contribution in [3.05, 3.63) is 70.2 Å². The van der Waals surface area contributed by atoms with E-state index in [1.165, 1.54) is 63.7 Å². The van der Waals surface area contributed by atoms with Crippen LogP contribution in [0.1, 0.15) is 32.8 Å². The summed E-state index contributed by atoms with van der Waals surface area (Å²) in [6.45, 7) is 4.58. The summed E-state index contributed by atoms with van der Waals surface area (Å²) in [5.74, 6) is -0.107. The standard InChI is InChI=1S/C32H39Cl2N3O8S/c1-8-20(2)35-32(39)21(3)36(18-22-9-12-25(33)26(34)15-22)31(38)19-37(27-16-23(42-4)10-13-28(27)43-5)46(40,41)24-11-14-29(44-6)30(17-24)45-7/h9-17,20-21H,8,18-19H2,1-7H3,(H,35,39)/t20-,21-/m0/s1. The maximum absolute atomic E-state index is 14.4. The van der Waals surface area contributed by atoms with Crippen molar-refractivity contribution >= 4 is 50.7 Å². The van der Waals surface area contributed by atoms with Crippen LogP contribution in [0.4, 0.5) is 5.69 Å². The number of benzene rings is 3. The Morgan fingerprint density at radius 3 is 2.07 bits per heavy atom. The number of amides is 2. The van der Waals surface area contributed by atoms with Crippen molar-refractivity contribution in [2.24, 2.45) is 0 Å². The molecule has 2 amide bonds. The quantitative estimate of drug-likeness (QED) is 0.219. The fourth-order valence-electron chi connectivity index (χ4n) is 4.49. The molecule has 0 heterocycles. The second-order valence-electron chi connectivity index (χ2n) is 10.3. The number of nitrogens with one attached hydrogen (secondary N) is 1. The van der Waals surface area contributed by atoms with Gasteiger partial charge in [0.2, 0.25) is 11.8 Å². The van der Waals surface area contributed by atoms with Gasteiger partial charge in [-0.15, -0.1) is 0 Å². The lowest BCUT2D eigenvalue weighted by atomic mass is 10.1. The molecule has 3 rings (SSSR count). The summed E-state index contributed by atoms with van der Waals surface area (Å²) < 4.78 is 51.3. The van der Waals surface area contributed by atoms with Crippen LogP contribution in [0.3, 0.4) is 0 Å². The van der Waals surface area contributed by atoms with Crippen LogP contribution in [0.5, 0.6) is 23.0 Å². The zero-order chi connectivity index (χ0) is 34.2. The van der Waals surface area contributed by atoms with Gasteiger partial charge in [-0.05, 0) is 62.2 Å². The summed E-state index contributed by atoms with van der Waals surface area (Å²) in [5.41, 5.74) is 0.621. The van der Waals surface area contributed by atoms with E-state index in [0.29, 0.717) is 28.5 Å². The number of sulfonamides is 1. The number of nitrogens with zero attached hydrogens (tertiary/aromatic N) is 2. The highest BCUT2D eigenvalue weighted by atomic mass is 35.5. The van der Waals surface area contributed by atoms with Gasteiger partial charge in [0, 0.05) is 24.7 Å². The third-order valence-electron chi connectivity index (χ3n) is 7.38. The van der Waals surface area contributed by atoms with E-state index >= 15 is 0 Å². The molecule has 0 saturated carbocycles. The molecule has 0 unspecified atom stereocenters. The summed E-state index contributed by atoms with van der Waals surface area (Å²) in [7, 11) is 1.15. The van der Waals surface area contributed by atoms with Gasteiger partial charge in [-0.25, -0.2) is 8.42 Å². The van der Waals surface area contributed by atoms with Gasteiger partial charge in [0.25, 0.3) is 10.0 Å². The minimum absolute atomic E-state index is 0.0381. The SMILES string of the molecule is CC[C@H](C)NC(=O)[C@H](C)N(Cc1ccc(Cl)c(Cl)c1)C(=O)CN(c1cc(OC)ccc1OC)S(=O)(=O)c1ccc(OC)c(OC)c1. The first-order chi connectivity index (χ1) is 21.8. The third kappa shape index (κ3) is 8.48. The molecule has 0 aliphatic heterocycles. The lowest BCUT2D eigenvalue weighted by Crippen LogP contribution is -2.52. The van der Waals surface area contributed by atoms with Gasteiger partial charge in [0.05, 0.1) is 49.1 Å². The molecule has 3 aromatic rings. The topological polar surface area (TPSA) is 124 Å². The monoisotopic (exact) mass is 695 g/mol. The number of carbonyl (C=O) groups is 2. The van der Waals surface area contributed by atoms with Gasteiger partial charge in [-0.1, -0.05) is 36.2 Å². The minimum Gasteiger partial charge on any atom is -0.497 e. The molecule has 11 nitrogen and oxygen atoms in total. The van der Waals surface area contributed by atoms with E-state index < -0.39 is 34.4 Å². The predicted molar refractivity (Wildman–Crippen MR) is 178 cm³/mol. The van der Waals surface area contributed by atoms with Crippen molar-refractivity contribution in [2.45, 2.75) is 50.7 Å². The molecule has 2 atom stereocenters. The number of anilines is 1. The Morgan fingerprint density at radius 1 is 0.826 bits per heavy atom. The van der Waals surface area contributed by atoms with Crippen LogP contribution < -0.4 is 28.6 Å². The summed E-state index contributed by atoms with van der Waals surface area (Å²) in [6, 6.07) is 12.4. The molecular weight excluding hydrogens is 657 g/mol. The van der Waals surface area contributed by atoms with E-state index in [4.69, 9.17) is 42.1 Å². The molecule has 0 aliphatic carbocycles. The highest BCUT2D eigenvalue weighted by Gasteiger charge is 2.35. The number of methoxy groups -OCH3 is 4. The van der Waals surface area contributed by atoms with E-state index in [1.54, 1.807) is 31.2 Å².